The van der Waals surface area contributed by atoms with Crippen LogP contribution < -0.4 is 5.32 Å². The van der Waals surface area contributed by atoms with Gasteiger partial charge in [-0.15, -0.1) is 10.2 Å². The van der Waals surface area contributed by atoms with E-state index in [9.17, 15) is 27.9 Å². The van der Waals surface area contributed by atoms with E-state index in [1.807, 2.05) is 84.4 Å². The molecule has 5 unspecified atom stereocenters. The standard InChI is InChI=1S/C36H38F3N5O5S/c1-22-30(20-50-35-42-41-21-43(35)2)48-33(49-31(22)26-10-8-23(19-45)9-11-26)27-14-12-25(13-15-27)28-6-3-5-24(17-28)18-40-32(46)29-7-4-16-44(29)34(47)36(37,38)39/h3,5-6,8-15,17,21-22,29-31,33,45H,4,7,16,18-20H2,1-2H3,(H,40,46). The minimum atomic E-state index is -5.02. The molecule has 2 N–H and O–H groups in total. The average Bonchev–Trinajstić information content (AvgIpc) is 3.79. The van der Waals surface area contributed by atoms with Gasteiger partial charge >= 0.3 is 12.1 Å². The summed E-state index contributed by atoms with van der Waals surface area (Å²) in [5.41, 5.74) is 5.21. The topological polar surface area (TPSA) is 119 Å². The van der Waals surface area contributed by atoms with Gasteiger partial charge in [-0.05, 0) is 46.7 Å². The van der Waals surface area contributed by atoms with Crippen LogP contribution >= 0.6 is 11.8 Å². The summed E-state index contributed by atoms with van der Waals surface area (Å²) in [5.74, 6) is -1.94. The van der Waals surface area contributed by atoms with Gasteiger partial charge in [0.15, 0.2) is 11.4 Å². The first-order valence-electron chi connectivity index (χ1n) is 16.3. The van der Waals surface area contributed by atoms with E-state index in [0.717, 1.165) is 38.5 Å². The van der Waals surface area contributed by atoms with Gasteiger partial charge in [-0.2, -0.15) is 13.2 Å². The van der Waals surface area contributed by atoms with Crippen LogP contribution in [-0.4, -0.2) is 67.2 Å². The zero-order valence-electron chi connectivity index (χ0n) is 27.5. The smallest absolute Gasteiger partial charge is 0.392 e. The number of aliphatic hydroxyl groups excluding tert-OH is 1. The molecular weight excluding hydrogens is 671 g/mol. The Bertz CT molecular complexity index is 1790. The Morgan fingerprint density at radius 3 is 2.42 bits per heavy atom. The molecule has 3 heterocycles. The Morgan fingerprint density at radius 1 is 1.00 bits per heavy atom. The zero-order valence-corrected chi connectivity index (χ0v) is 28.4. The van der Waals surface area contributed by atoms with Crippen molar-refractivity contribution in [2.75, 3.05) is 12.3 Å². The van der Waals surface area contributed by atoms with Crippen molar-refractivity contribution >= 4 is 23.6 Å². The van der Waals surface area contributed by atoms with Crippen molar-refractivity contribution in [3.8, 4) is 11.1 Å². The fraction of sp³-hybridized carbons (Fsp3) is 0.389. The van der Waals surface area contributed by atoms with Gasteiger partial charge in [0.25, 0.3) is 0 Å². The third kappa shape index (κ3) is 8.04. The number of nitrogens with zero attached hydrogens (tertiary/aromatic N) is 4. The van der Waals surface area contributed by atoms with Gasteiger partial charge in [0.2, 0.25) is 5.91 Å². The molecule has 10 nitrogen and oxygen atoms in total. The van der Waals surface area contributed by atoms with Gasteiger partial charge < -0.3 is 29.4 Å². The van der Waals surface area contributed by atoms with Crippen LogP contribution in [-0.2, 0) is 39.3 Å². The van der Waals surface area contributed by atoms with Crippen LogP contribution in [0.25, 0.3) is 11.1 Å². The number of aromatic nitrogens is 3. The van der Waals surface area contributed by atoms with E-state index in [1.54, 1.807) is 18.1 Å². The maximum atomic E-state index is 13.0. The van der Waals surface area contributed by atoms with E-state index in [2.05, 4.69) is 22.4 Å². The summed E-state index contributed by atoms with van der Waals surface area (Å²) in [4.78, 5) is 25.2. The molecule has 2 amide bonds. The van der Waals surface area contributed by atoms with Crippen molar-refractivity contribution in [3.05, 3.63) is 101 Å². The van der Waals surface area contributed by atoms with Crippen LogP contribution in [0.5, 0.6) is 0 Å². The molecule has 50 heavy (non-hydrogen) atoms. The van der Waals surface area contributed by atoms with Gasteiger partial charge in [-0.25, -0.2) is 0 Å². The summed E-state index contributed by atoms with van der Waals surface area (Å²) < 4.78 is 54.0. The number of aliphatic hydroxyl groups is 1. The number of hydrogen-bond acceptors (Lipinski definition) is 8. The highest BCUT2D eigenvalue weighted by Gasteiger charge is 2.47. The summed E-state index contributed by atoms with van der Waals surface area (Å²) in [5, 5.41) is 21.2. The predicted octanol–water partition coefficient (Wildman–Crippen LogP) is 5.73. The molecule has 2 fully saturated rings. The minimum absolute atomic E-state index is 0.0105. The number of aryl methyl sites for hydroxylation is 1. The summed E-state index contributed by atoms with van der Waals surface area (Å²) in [6.07, 6.45) is -3.92. The summed E-state index contributed by atoms with van der Waals surface area (Å²) in [6.45, 7) is 2.07. The van der Waals surface area contributed by atoms with E-state index >= 15 is 0 Å². The maximum Gasteiger partial charge on any atom is 0.471 e. The highest BCUT2D eigenvalue weighted by molar-refractivity contribution is 7.99. The van der Waals surface area contributed by atoms with Crippen molar-refractivity contribution in [3.63, 3.8) is 0 Å². The first-order valence-corrected chi connectivity index (χ1v) is 17.3. The van der Waals surface area contributed by atoms with Crippen molar-refractivity contribution < 1.29 is 37.3 Å². The van der Waals surface area contributed by atoms with Crippen molar-refractivity contribution in [1.82, 2.24) is 25.0 Å². The second-order valence-corrected chi connectivity index (χ2v) is 13.5. The number of halogens is 3. The third-order valence-electron chi connectivity index (χ3n) is 9.14. The van der Waals surface area contributed by atoms with E-state index < -0.39 is 30.3 Å². The average molecular weight is 710 g/mol. The number of benzene rings is 3. The first-order chi connectivity index (χ1) is 24.0. The first kappa shape index (κ1) is 35.6. The molecule has 1 aromatic heterocycles. The lowest BCUT2D eigenvalue weighted by Gasteiger charge is -2.41. The number of likely N-dealkylation sites (tertiary alicyclic amines) is 1. The van der Waals surface area contributed by atoms with Crippen molar-refractivity contribution in [2.24, 2.45) is 13.0 Å². The Kier molecular flexibility index (Phi) is 10.9. The molecular formula is C36H38F3N5O5S. The maximum absolute atomic E-state index is 13.0. The number of thioether (sulfide) groups is 1. The zero-order chi connectivity index (χ0) is 35.4. The number of alkyl halides is 3. The van der Waals surface area contributed by atoms with Gasteiger partial charge in [0.1, 0.15) is 12.4 Å². The lowest BCUT2D eigenvalue weighted by atomic mass is 9.91. The largest absolute Gasteiger partial charge is 0.471 e. The molecule has 6 rings (SSSR count). The normalized spacial score (nSPS) is 22.4. The second kappa shape index (κ2) is 15.3. The van der Waals surface area contributed by atoms with Crippen LogP contribution in [0, 0.1) is 5.92 Å². The van der Waals surface area contributed by atoms with E-state index in [0.29, 0.717) is 17.1 Å². The number of hydrogen-bond donors (Lipinski definition) is 2. The van der Waals surface area contributed by atoms with Gasteiger partial charge in [0.05, 0.1) is 18.8 Å². The molecule has 3 aromatic carbocycles. The molecule has 2 aliphatic heterocycles. The van der Waals surface area contributed by atoms with Crippen LogP contribution in [0.1, 0.15) is 54.4 Å². The number of rotatable bonds is 10. The molecule has 4 aromatic rings. The van der Waals surface area contributed by atoms with Crippen LogP contribution in [0.2, 0.25) is 0 Å². The van der Waals surface area contributed by atoms with Crippen molar-refractivity contribution in [1.29, 1.82) is 0 Å². The van der Waals surface area contributed by atoms with E-state index in [-0.39, 0.29) is 44.2 Å². The lowest BCUT2D eigenvalue weighted by molar-refractivity contribution is -0.268. The highest BCUT2D eigenvalue weighted by Crippen LogP contribution is 2.43. The number of nitrogens with one attached hydrogen (secondary N) is 1. The van der Waals surface area contributed by atoms with Crippen LogP contribution in [0.3, 0.4) is 0 Å². The molecule has 0 spiro atoms. The van der Waals surface area contributed by atoms with Crippen LogP contribution in [0.15, 0.2) is 84.3 Å². The third-order valence-corrected chi connectivity index (χ3v) is 10.3. The molecule has 264 valence electrons. The molecule has 0 aliphatic carbocycles. The quantitative estimate of drug-likeness (QED) is 0.201. The number of carbonyl (C=O) groups is 2. The fourth-order valence-corrected chi connectivity index (χ4v) is 7.37. The van der Waals surface area contributed by atoms with E-state index in [1.165, 1.54) is 0 Å². The fourth-order valence-electron chi connectivity index (χ4n) is 6.32. The van der Waals surface area contributed by atoms with Gasteiger partial charge in [-0.3, -0.25) is 9.59 Å². The predicted molar refractivity (Wildman–Crippen MR) is 179 cm³/mol. The molecule has 5 atom stereocenters. The summed E-state index contributed by atoms with van der Waals surface area (Å²) in [6, 6.07) is 21.9. The molecule has 0 saturated carbocycles. The molecule has 0 radical (unpaired) electrons. The lowest BCUT2D eigenvalue weighted by Crippen LogP contribution is -2.50. The molecule has 2 saturated heterocycles. The Morgan fingerprint density at radius 2 is 1.74 bits per heavy atom. The SMILES string of the molecule is CC1C(CSc2nncn2C)OC(c2ccc(-c3cccc(CNC(=O)C4CCCN4C(=O)C(F)(F)F)c3)cc2)OC1c1ccc(CO)cc1. The number of ether oxygens (including phenoxy) is 2. The Labute approximate surface area is 292 Å². The summed E-state index contributed by atoms with van der Waals surface area (Å²) in [7, 11) is 1.90. The molecule has 0 bridgehead atoms. The number of amides is 2. The number of carbonyl (C=O) groups excluding carboxylic acids is 2. The Balaban J connectivity index is 1.14. The minimum Gasteiger partial charge on any atom is -0.392 e. The Hall–Kier alpha value is -4.24. The van der Waals surface area contributed by atoms with Crippen LogP contribution in [0.4, 0.5) is 13.2 Å². The summed E-state index contributed by atoms with van der Waals surface area (Å²) >= 11 is 1.57. The second-order valence-electron chi connectivity index (χ2n) is 12.6. The molecule has 2 aliphatic rings. The highest BCUT2D eigenvalue weighted by atomic mass is 32.2. The monoisotopic (exact) mass is 709 g/mol. The van der Waals surface area contributed by atoms with Gasteiger partial charge in [-0.1, -0.05) is 85.4 Å². The van der Waals surface area contributed by atoms with Crippen molar-refractivity contribution in [2.45, 2.75) is 68.8 Å². The van der Waals surface area contributed by atoms with Gasteiger partial charge in [0, 0.05) is 37.4 Å². The molecule has 14 heteroatoms. The van der Waals surface area contributed by atoms with E-state index in [4.69, 9.17) is 9.47 Å².